The Morgan fingerprint density at radius 1 is 1.20 bits per heavy atom. The highest BCUT2D eigenvalue weighted by molar-refractivity contribution is 7.91. The van der Waals surface area contributed by atoms with Gasteiger partial charge in [0, 0.05) is 30.1 Å². The van der Waals surface area contributed by atoms with Crippen LogP contribution >= 0.6 is 0 Å². The SMILES string of the molecule is CCS(=O)(=O)c1c(-c2nc3cc(OC(F)(F)F)cnc3n2C)ncc2cc(C3(C#N)CC3)ccc12. The molecular weight excluding hydrogens is 483 g/mol. The summed E-state index contributed by atoms with van der Waals surface area (Å²) in [6, 6.07) is 8.63. The molecule has 4 aromatic rings. The van der Waals surface area contributed by atoms with E-state index < -0.39 is 27.4 Å². The third-order valence-corrected chi connectivity index (χ3v) is 7.98. The number of aryl methyl sites for hydroxylation is 1. The van der Waals surface area contributed by atoms with E-state index in [0.29, 0.717) is 10.8 Å². The van der Waals surface area contributed by atoms with E-state index in [1.54, 1.807) is 25.2 Å². The molecule has 180 valence electrons. The van der Waals surface area contributed by atoms with Crippen LogP contribution in [0, 0.1) is 11.3 Å². The third-order valence-electron chi connectivity index (χ3n) is 6.18. The lowest BCUT2D eigenvalue weighted by Gasteiger charge is -2.14. The number of nitrogens with zero attached hydrogens (tertiary/aromatic N) is 5. The zero-order chi connectivity index (χ0) is 25.2. The van der Waals surface area contributed by atoms with Gasteiger partial charge in [-0.15, -0.1) is 13.2 Å². The molecule has 0 radical (unpaired) electrons. The van der Waals surface area contributed by atoms with Crippen LogP contribution < -0.4 is 4.74 Å². The van der Waals surface area contributed by atoms with Gasteiger partial charge in [0.05, 0.1) is 23.4 Å². The van der Waals surface area contributed by atoms with E-state index in [-0.39, 0.29) is 33.3 Å². The molecule has 0 atom stereocenters. The van der Waals surface area contributed by atoms with Gasteiger partial charge in [-0.3, -0.25) is 4.98 Å². The van der Waals surface area contributed by atoms with Crippen LogP contribution in [0.2, 0.25) is 0 Å². The van der Waals surface area contributed by atoms with Crippen molar-refractivity contribution in [3.8, 4) is 23.3 Å². The van der Waals surface area contributed by atoms with Crippen LogP contribution in [-0.4, -0.2) is 40.1 Å². The third kappa shape index (κ3) is 3.85. The van der Waals surface area contributed by atoms with Gasteiger partial charge in [-0.05, 0) is 24.5 Å². The summed E-state index contributed by atoms with van der Waals surface area (Å²) in [4.78, 5) is 12.7. The zero-order valence-corrected chi connectivity index (χ0v) is 19.4. The first-order chi connectivity index (χ1) is 16.5. The van der Waals surface area contributed by atoms with Gasteiger partial charge >= 0.3 is 6.36 Å². The van der Waals surface area contributed by atoms with E-state index in [1.807, 2.05) is 0 Å². The van der Waals surface area contributed by atoms with Gasteiger partial charge in [0.1, 0.15) is 21.9 Å². The molecule has 1 aliphatic carbocycles. The number of aromatic nitrogens is 4. The van der Waals surface area contributed by atoms with Gasteiger partial charge in [0.15, 0.2) is 21.3 Å². The molecule has 1 aliphatic rings. The first kappa shape index (κ1) is 23.0. The highest BCUT2D eigenvalue weighted by Gasteiger charge is 2.45. The van der Waals surface area contributed by atoms with Crippen molar-refractivity contribution in [2.24, 2.45) is 7.05 Å². The van der Waals surface area contributed by atoms with Gasteiger partial charge in [-0.2, -0.15) is 5.26 Å². The Hall–Kier alpha value is -3.72. The predicted octanol–water partition coefficient (Wildman–Crippen LogP) is 4.43. The Kier molecular flexibility index (Phi) is 5.03. The maximum atomic E-state index is 13.2. The number of hydrogen-bond acceptors (Lipinski definition) is 7. The molecule has 1 saturated carbocycles. The Morgan fingerprint density at radius 3 is 2.57 bits per heavy atom. The minimum Gasteiger partial charge on any atom is -0.404 e. The topological polar surface area (TPSA) is 111 Å². The largest absolute Gasteiger partial charge is 0.573 e. The van der Waals surface area contributed by atoms with Crippen LogP contribution in [-0.2, 0) is 22.3 Å². The molecule has 1 fully saturated rings. The quantitative estimate of drug-likeness (QED) is 0.398. The number of hydrogen-bond donors (Lipinski definition) is 0. The molecule has 0 saturated heterocycles. The molecule has 0 bridgehead atoms. The molecule has 1 aromatic carbocycles. The minimum absolute atomic E-state index is 0.0315. The van der Waals surface area contributed by atoms with E-state index in [0.717, 1.165) is 30.7 Å². The molecular formula is C23H18F3N5O3S. The number of pyridine rings is 2. The van der Waals surface area contributed by atoms with Crippen molar-refractivity contribution in [2.45, 2.75) is 36.4 Å². The number of nitriles is 1. The average Bonchev–Trinajstić information content (AvgIpc) is 3.55. The summed E-state index contributed by atoms with van der Waals surface area (Å²) in [5.41, 5.74) is 0.649. The number of fused-ring (bicyclic) bond motifs is 2. The summed E-state index contributed by atoms with van der Waals surface area (Å²) < 4.78 is 69.7. The molecule has 5 rings (SSSR count). The molecule has 3 heterocycles. The molecule has 0 unspecified atom stereocenters. The fourth-order valence-electron chi connectivity index (χ4n) is 4.16. The summed E-state index contributed by atoms with van der Waals surface area (Å²) in [6.45, 7) is 1.51. The number of rotatable bonds is 5. The highest BCUT2D eigenvalue weighted by Crippen LogP contribution is 2.48. The van der Waals surface area contributed by atoms with E-state index in [9.17, 15) is 26.9 Å². The van der Waals surface area contributed by atoms with Crippen molar-refractivity contribution >= 4 is 31.8 Å². The standard InChI is InChI=1S/C23H18F3N5O3S/c1-3-35(32,33)19-16-5-4-14(22(12-27)6-7-22)8-13(16)10-28-18(19)21-30-17-9-15(34-23(24,25)26)11-29-20(17)31(21)2/h4-5,8-11H,3,6-7H2,1-2H3. The fraction of sp³-hybridized carbons (Fsp3) is 0.304. The molecule has 0 amide bonds. The van der Waals surface area contributed by atoms with Crippen LogP contribution in [0.3, 0.4) is 0 Å². The van der Waals surface area contributed by atoms with E-state index >= 15 is 0 Å². The lowest BCUT2D eigenvalue weighted by atomic mass is 9.95. The van der Waals surface area contributed by atoms with Crippen molar-refractivity contribution in [1.82, 2.24) is 19.5 Å². The number of sulfone groups is 1. The number of alkyl halides is 3. The lowest BCUT2D eigenvalue weighted by molar-refractivity contribution is -0.274. The van der Waals surface area contributed by atoms with Crippen LogP contribution in [0.4, 0.5) is 13.2 Å². The first-order valence-corrected chi connectivity index (χ1v) is 12.3. The monoisotopic (exact) mass is 501 g/mol. The number of halogens is 3. The van der Waals surface area contributed by atoms with Crippen LogP contribution in [0.15, 0.2) is 41.6 Å². The van der Waals surface area contributed by atoms with Crippen molar-refractivity contribution in [3.05, 3.63) is 42.2 Å². The van der Waals surface area contributed by atoms with E-state index in [1.165, 1.54) is 17.7 Å². The maximum absolute atomic E-state index is 13.2. The summed E-state index contributed by atoms with van der Waals surface area (Å²) in [7, 11) is -2.23. The van der Waals surface area contributed by atoms with Crippen LogP contribution in [0.25, 0.3) is 33.5 Å². The van der Waals surface area contributed by atoms with Crippen LogP contribution in [0.1, 0.15) is 25.3 Å². The second kappa shape index (κ2) is 7.64. The predicted molar refractivity (Wildman–Crippen MR) is 120 cm³/mol. The van der Waals surface area contributed by atoms with E-state index in [4.69, 9.17) is 0 Å². The van der Waals surface area contributed by atoms with Crippen molar-refractivity contribution < 1.29 is 26.3 Å². The van der Waals surface area contributed by atoms with Crippen molar-refractivity contribution in [3.63, 3.8) is 0 Å². The second-order valence-corrected chi connectivity index (χ2v) is 10.6. The molecule has 35 heavy (non-hydrogen) atoms. The Labute approximate surface area is 197 Å². The zero-order valence-electron chi connectivity index (χ0n) is 18.6. The number of imidazole rings is 1. The molecule has 0 N–H and O–H groups in total. The fourth-order valence-corrected chi connectivity index (χ4v) is 5.41. The summed E-state index contributed by atoms with van der Waals surface area (Å²) in [5, 5.41) is 10.5. The molecule has 0 spiro atoms. The first-order valence-electron chi connectivity index (χ1n) is 10.6. The molecule has 0 aliphatic heterocycles. The smallest absolute Gasteiger partial charge is 0.404 e. The second-order valence-electron chi connectivity index (χ2n) is 8.39. The molecule has 8 nitrogen and oxygen atoms in total. The lowest BCUT2D eigenvalue weighted by Crippen LogP contribution is -2.17. The van der Waals surface area contributed by atoms with Gasteiger partial charge in [0.2, 0.25) is 0 Å². The van der Waals surface area contributed by atoms with Crippen LogP contribution in [0.5, 0.6) is 5.75 Å². The number of benzene rings is 1. The Morgan fingerprint density at radius 2 is 1.94 bits per heavy atom. The van der Waals surface area contributed by atoms with Gasteiger partial charge in [0.25, 0.3) is 0 Å². The highest BCUT2D eigenvalue weighted by atomic mass is 32.2. The Balaban J connectivity index is 1.72. The molecule has 12 heteroatoms. The summed E-state index contributed by atoms with van der Waals surface area (Å²) in [5.74, 6) is -0.608. The Bertz CT molecular complexity index is 1650. The summed E-state index contributed by atoms with van der Waals surface area (Å²) >= 11 is 0. The number of ether oxygens (including phenoxy) is 1. The average molecular weight is 501 g/mol. The van der Waals surface area contributed by atoms with Gasteiger partial charge in [-0.25, -0.2) is 18.4 Å². The normalized spacial score (nSPS) is 15.3. The van der Waals surface area contributed by atoms with Gasteiger partial charge in [-0.1, -0.05) is 19.1 Å². The van der Waals surface area contributed by atoms with Crippen molar-refractivity contribution in [1.29, 1.82) is 5.26 Å². The van der Waals surface area contributed by atoms with Crippen molar-refractivity contribution in [2.75, 3.05) is 5.75 Å². The minimum atomic E-state index is -4.89. The maximum Gasteiger partial charge on any atom is 0.573 e. The van der Waals surface area contributed by atoms with Gasteiger partial charge < -0.3 is 9.30 Å². The van der Waals surface area contributed by atoms with E-state index in [2.05, 4.69) is 25.8 Å². The summed E-state index contributed by atoms with van der Waals surface area (Å²) in [6.07, 6.45) is -0.968. The molecule has 3 aromatic heterocycles.